The molecular weight excluding hydrogens is 228 g/mol. The summed E-state index contributed by atoms with van der Waals surface area (Å²) in [5, 5.41) is 12.8. The molecule has 1 aliphatic carbocycles. The monoisotopic (exact) mass is 250 g/mol. The maximum absolute atomic E-state index is 11.6. The summed E-state index contributed by atoms with van der Waals surface area (Å²) in [6.07, 6.45) is 7.01. The van der Waals surface area contributed by atoms with E-state index in [0.29, 0.717) is 18.0 Å². The van der Waals surface area contributed by atoms with Crippen LogP contribution in [0.3, 0.4) is 0 Å². The predicted molar refractivity (Wildman–Crippen MR) is 73.9 cm³/mol. The molecule has 0 unspecified atom stereocenters. The van der Waals surface area contributed by atoms with Gasteiger partial charge < -0.3 is 10.4 Å². The summed E-state index contributed by atoms with van der Waals surface area (Å²) >= 11 is 0. The van der Waals surface area contributed by atoms with Gasteiger partial charge in [-0.1, -0.05) is 26.7 Å². The van der Waals surface area contributed by atoms with E-state index in [4.69, 9.17) is 0 Å². The Bertz CT molecular complexity index is 381. The first-order chi connectivity index (χ1) is 8.69. The van der Waals surface area contributed by atoms with Crippen LogP contribution in [-0.4, -0.2) is 29.7 Å². The second-order valence-electron chi connectivity index (χ2n) is 4.35. The molecule has 0 heterocycles. The number of aliphatic hydroxyl groups excluding tert-OH is 1. The fourth-order valence-corrected chi connectivity index (χ4v) is 1.58. The van der Waals surface area contributed by atoms with Gasteiger partial charge in [-0.2, -0.15) is 0 Å². The van der Waals surface area contributed by atoms with Gasteiger partial charge in [-0.25, -0.2) is 0 Å². The van der Waals surface area contributed by atoms with Gasteiger partial charge in [0, 0.05) is 19.2 Å². The van der Waals surface area contributed by atoms with E-state index in [9.17, 15) is 9.90 Å². The summed E-state index contributed by atoms with van der Waals surface area (Å²) < 4.78 is 0. The van der Waals surface area contributed by atoms with Crippen LogP contribution in [0.15, 0.2) is 28.6 Å². The maximum atomic E-state index is 11.6. The smallest absolute Gasteiger partial charge is 0.207 e. The fraction of sp³-hybridized carbons (Fsp3) is 0.571. The van der Waals surface area contributed by atoms with E-state index < -0.39 is 0 Å². The highest BCUT2D eigenvalue weighted by Crippen LogP contribution is 2.11. The van der Waals surface area contributed by atoms with E-state index in [-0.39, 0.29) is 11.5 Å². The van der Waals surface area contributed by atoms with Gasteiger partial charge in [-0.3, -0.25) is 9.79 Å². The SMILES string of the molecule is CCCCN=C1C=C(NCCCC)C(O)=CC1=O. The first-order valence-corrected chi connectivity index (χ1v) is 6.64. The molecule has 0 aromatic rings. The zero-order chi connectivity index (χ0) is 13.4. The molecule has 0 bridgehead atoms. The van der Waals surface area contributed by atoms with E-state index in [1.54, 1.807) is 6.08 Å². The molecule has 0 atom stereocenters. The summed E-state index contributed by atoms with van der Waals surface area (Å²) in [6, 6.07) is 0. The Morgan fingerprint density at radius 3 is 2.61 bits per heavy atom. The summed E-state index contributed by atoms with van der Waals surface area (Å²) in [5.41, 5.74) is 1.03. The van der Waals surface area contributed by atoms with Crippen LogP contribution in [0.5, 0.6) is 0 Å². The van der Waals surface area contributed by atoms with Gasteiger partial charge in [0.2, 0.25) is 5.78 Å². The van der Waals surface area contributed by atoms with Crippen LogP contribution >= 0.6 is 0 Å². The van der Waals surface area contributed by atoms with Crippen molar-refractivity contribution in [2.75, 3.05) is 13.1 Å². The number of allylic oxidation sites excluding steroid dienone is 2. The van der Waals surface area contributed by atoms with Crippen molar-refractivity contribution in [3.63, 3.8) is 0 Å². The van der Waals surface area contributed by atoms with Crippen molar-refractivity contribution in [3.8, 4) is 0 Å². The lowest BCUT2D eigenvalue weighted by atomic mass is 10.1. The summed E-state index contributed by atoms with van der Waals surface area (Å²) in [7, 11) is 0. The molecule has 0 fully saturated rings. The van der Waals surface area contributed by atoms with E-state index in [0.717, 1.165) is 32.2 Å². The van der Waals surface area contributed by atoms with Crippen LogP contribution in [0, 0.1) is 0 Å². The third-order valence-electron chi connectivity index (χ3n) is 2.72. The Morgan fingerprint density at radius 2 is 1.94 bits per heavy atom. The van der Waals surface area contributed by atoms with E-state index in [2.05, 4.69) is 24.2 Å². The number of aliphatic hydroxyl groups is 1. The van der Waals surface area contributed by atoms with Crippen LogP contribution in [0.25, 0.3) is 0 Å². The molecule has 0 saturated carbocycles. The normalized spacial score (nSPS) is 17.7. The molecule has 18 heavy (non-hydrogen) atoms. The fourth-order valence-electron chi connectivity index (χ4n) is 1.58. The minimum Gasteiger partial charge on any atom is -0.506 e. The van der Waals surface area contributed by atoms with Crippen LogP contribution in [0.2, 0.25) is 0 Å². The average Bonchev–Trinajstić information content (AvgIpc) is 2.34. The van der Waals surface area contributed by atoms with Crippen molar-refractivity contribution >= 4 is 11.5 Å². The van der Waals surface area contributed by atoms with Crippen molar-refractivity contribution in [3.05, 3.63) is 23.6 Å². The molecule has 0 saturated heterocycles. The Balaban J connectivity index is 2.68. The van der Waals surface area contributed by atoms with Crippen molar-refractivity contribution in [1.82, 2.24) is 5.32 Å². The number of unbranched alkanes of at least 4 members (excludes halogenated alkanes) is 2. The second kappa shape index (κ2) is 7.69. The summed E-state index contributed by atoms with van der Waals surface area (Å²) in [4.78, 5) is 15.9. The molecule has 100 valence electrons. The molecule has 4 heteroatoms. The Morgan fingerprint density at radius 1 is 1.22 bits per heavy atom. The molecule has 4 nitrogen and oxygen atoms in total. The van der Waals surface area contributed by atoms with E-state index in [1.165, 1.54) is 6.08 Å². The lowest BCUT2D eigenvalue weighted by Gasteiger charge is -2.14. The van der Waals surface area contributed by atoms with Crippen LogP contribution < -0.4 is 5.32 Å². The van der Waals surface area contributed by atoms with Crippen molar-refractivity contribution < 1.29 is 9.90 Å². The molecule has 1 rings (SSSR count). The number of aliphatic imine (C=N–C) groups is 1. The minimum absolute atomic E-state index is 0.00513. The molecule has 0 aliphatic heterocycles. The standard InChI is InChI=1S/C14H22N2O2/c1-3-5-7-15-11-9-12(16-8-6-4-2)14(18)10-13(11)17/h9-10,15,17H,3-8H2,1-2H3. The molecule has 0 aromatic carbocycles. The number of nitrogens with zero attached hydrogens (tertiary/aromatic N) is 1. The number of hydrogen-bond acceptors (Lipinski definition) is 4. The molecule has 0 aromatic heterocycles. The number of carbonyl (C=O) groups excluding carboxylic acids is 1. The molecule has 0 spiro atoms. The van der Waals surface area contributed by atoms with Crippen LogP contribution in [-0.2, 0) is 4.79 Å². The Kier molecular flexibility index (Phi) is 6.19. The van der Waals surface area contributed by atoms with Gasteiger partial charge in [0.15, 0.2) is 0 Å². The van der Waals surface area contributed by atoms with Crippen LogP contribution in [0.4, 0.5) is 0 Å². The Labute approximate surface area is 108 Å². The number of rotatable bonds is 7. The third-order valence-corrected chi connectivity index (χ3v) is 2.72. The highest BCUT2D eigenvalue weighted by molar-refractivity contribution is 6.49. The van der Waals surface area contributed by atoms with Gasteiger partial charge in [0.05, 0.1) is 5.70 Å². The van der Waals surface area contributed by atoms with Gasteiger partial charge in [-0.15, -0.1) is 0 Å². The summed E-state index contributed by atoms with van der Waals surface area (Å²) in [5.74, 6) is -0.213. The molecule has 1 aliphatic rings. The number of ketones is 1. The average molecular weight is 250 g/mol. The zero-order valence-electron chi connectivity index (χ0n) is 11.2. The van der Waals surface area contributed by atoms with Crippen molar-refractivity contribution in [1.29, 1.82) is 0 Å². The van der Waals surface area contributed by atoms with Gasteiger partial charge in [0.1, 0.15) is 11.5 Å². The third kappa shape index (κ3) is 4.35. The van der Waals surface area contributed by atoms with E-state index >= 15 is 0 Å². The van der Waals surface area contributed by atoms with Crippen molar-refractivity contribution in [2.24, 2.45) is 4.99 Å². The largest absolute Gasteiger partial charge is 0.506 e. The lowest BCUT2D eigenvalue weighted by molar-refractivity contribution is -0.109. The molecule has 0 radical (unpaired) electrons. The number of hydrogen-bond donors (Lipinski definition) is 2. The first kappa shape index (κ1) is 14.5. The number of nitrogens with one attached hydrogen (secondary N) is 1. The highest BCUT2D eigenvalue weighted by Gasteiger charge is 2.17. The first-order valence-electron chi connectivity index (χ1n) is 6.64. The quantitative estimate of drug-likeness (QED) is 0.539. The van der Waals surface area contributed by atoms with Gasteiger partial charge in [0.25, 0.3) is 0 Å². The molecule has 0 amide bonds. The zero-order valence-corrected chi connectivity index (χ0v) is 11.2. The number of carbonyl (C=O) groups is 1. The predicted octanol–water partition coefficient (Wildman–Crippen LogP) is 2.53. The second-order valence-corrected chi connectivity index (χ2v) is 4.35. The molecule has 2 N–H and O–H groups in total. The minimum atomic E-state index is -0.218. The maximum Gasteiger partial charge on any atom is 0.207 e. The van der Waals surface area contributed by atoms with Crippen LogP contribution in [0.1, 0.15) is 39.5 Å². The topological polar surface area (TPSA) is 61.7 Å². The van der Waals surface area contributed by atoms with E-state index in [1.807, 2.05) is 0 Å². The summed E-state index contributed by atoms with van der Waals surface area (Å²) in [6.45, 7) is 5.64. The Hall–Kier alpha value is -1.58. The van der Waals surface area contributed by atoms with Crippen molar-refractivity contribution in [2.45, 2.75) is 39.5 Å². The van der Waals surface area contributed by atoms with Gasteiger partial charge in [-0.05, 0) is 18.9 Å². The van der Waals surface area contributed by atoms with Gasteiger partial charge >= 0.3 is 0 Å². The molecular formula is C14H22N2O2. The lowest BCUT2D eigenvalue weighted by Crippen LogP contribution is -2.24. The highest BCUT2D eigenvalue weighted by atomic mass is 16.3.